The second-order valence-electron chi connectivity index (χ2n) is 6.18. The average molecular weight is 352 g/mol. The van der Waals surface area contributed by atoms with E-state index in [0.29, 0.717) is 0 Å². The van der Waals surface area contributed by atoms with Crippen molar-refractivity contribution < 1.29 is 4.79 Å². The molecule has 1 atom stereocenters. The highest BCUT2D eigenvalue weighted by atomic mass is 16.2. The van der Waals surface area contributed by atoms with Crippen molar-refractivity contribution in [2.75, 3.05) is 23.3 Å². The zero-order valence-electron chi connectivity index (χ0n) is 16.0. The summed E-state index contributed by atoms with van der Waals surface area (Å²) in [4.78, 5) is 14.5. The Morgan fingerprint density at radius 1 is 1.12 bits per heavy atom. The van der Waals surface area contributed by atoms with Gasteiger partial charge in [0.1, 0.15) is 6.04 Å². The number of carbonyl (C=O) groups excluding carboxylic acids is 1. The summed E-state index contributed by atoms with van der Waals surface area (Å²) >= 11 is 0. The molecule has 0 spiro atoms. The van der Waals surface area contributed by atoms with Gasteiger partial charge in [-0.05, 0) is 57.0 Å². The Labute approximate surface area is 156 Å². The quantitative estimate of drug-likeness (QED) is 0.561. The number of anilines is 2. The molecular formula is C21H28N4O. The van der Waals surface area contributed by atoms with Crippen molar-refractivity contribution in [2.24, 2.45) is 5.10 Å². The predicted octanol–water partition coefficient (Wildman–Crippen LogP) is 3.79. The lowest BCUT2D eigenvalue weighted by atomic mass is 10.2. The van der Waals surface area contributed by atoms with Gasteiger partial charge in [-0.15, -0.1) is 0 Å². The van der Waals surface area contributed by atoms with E-state index in [9.17, 15) is 4.79 Å². The van der Waals surface area contributed by atoms with Crippen LogP contribution >= 0.6 is 0 Å². The minimum absolute atomic E-state index is 0.177. The molecule has 0 aromatic heterocycles. The predicted molar refractivity (Wildman–Crippen MR) is 110 cm³/mol. The first kappa shape index (κ1) is 19.5. The van der Waals surface area contributed by atoms with E-state index in [1.54, 1.807) is 6.21 Å². The van der Waals surface area contributed by atoms with E-state index >= 15 is 0 Å². The second-order valence-corrected chi connectivity index (χ2v) is 6.18. The lowest BCUT2D eigenvalue weighted by Crippen LogP contribution is -2.35. The molecule has 0 radical (unpaired) electrons. The number of hydrazone groups is 1. The summed E-state index contributed by atoms with van der Waals surface area (Å²) < 4.78 is 0. The fourth-order valence-electron chi connectivity index (χ4n) is 2.66. The van der Waals surface area contributed by atoms with Crippen LogP contribution in [-0.4, -0.2) is 31.3 Å². The van der Waals surface area contributed by atoms with Gasteiger partial charge in [0.25, 0.3) is 5.91 Å². The number of rotatable bonds is 8. The minimum Gasteiger partial charge on any atom is -0.374 e. The van der Waals surface area contributed by atoms with Crippen LogP contribution in [0.1, 0.15) is 31.9 Å². The lowest BCUT2D eigenvalue weighted by Gasteiger charge is -2.20. The Morgan fingerprint density at radius 3 is 2.38 bits per heavy atom. The van der Waals surface area contributed by atoms with Crippen LogP contribution in [-0.2, 0) is 4.79 Å². The molecule has 2 N–H and O–H groups in total. The molecule has 0 aliphatic rings. The molecular weight excluding hydrogens is 324 g/mol. The van der Waals surface area contributed by atoms with Crippen LogP contribution in [0.15, 0.2) is 53.6 Å². The highest BCUT2D eigenvalue weighted by molar-refractivity contribution is 5.86. The molecule has 1 amide bonds. The SMILES string of the molecule is CCN(CC)c1ccc(/C=N\NC(=O)[C@@H](C)Nc2ccccc2C)cc1. The Bertz CT molecular complexity index is 736. The third-order valence-corrected chi connectivity index (χ3v) is 4.32. The molecule has 2 rings (SSSR count). The zero-order chi connectivity index (χ0) is 18.9. The fraction of sp³-hybridized carbons (Fsp3) is 0.333. The number of benzene rings is 2. The van der Waals surface area contributed by atoms with Gasteiger partial charge in [-0.2, -0.15) is 5.10 Å². The van der Waals surface area contributed by atoms with Gasteiger partial charge in [0.2, 0.25) is 0 Å². The van der Waals surface area contributed by atoms with E-state index < -0.39 is 0 Å². The Balaban J connectivity index is 1.89. The molecule has 26 heavy (non-hydrogen) atoms. The van der Waals surface area contributed by atoms with Gasteiger partial charge in [0.05, 0.1) is 6.21 Å². The van der Waals surface area contributed by atoms with Crippen molar-refractivity contribution in [1.82, 2.24) is 5.43 Å². The molecule has 0 bridgehead atoms. The summed E-state index contributed by atoms with van der Waals surface area (Å²) in [5.41, 5.74) is 6.77. The summed E-state index contributed by atoms with van der Waals surface area (Å²) in [6.07, 6.45) is 1.66. The number of hydrogen-bond donors (Lipinski definition) is 2. The van der Waals surface area contributed by atoms with E-state index in [1.165, 1.54) is 5.69 Å². The first-order valence-electron chi connectivity index (χ1n) is 9.05. The highest BCUT2D eigenvalue weighted by Gasteiger charge is 2.12. The summed E-state index contributed by atoms with van der Waals surface area (Å²) in [5.74, 6) is -0.177. The van der Waals surface area contributed by atoms with Crippen molar-refractivity contribution in [1.29, 1.82) is 0 Å². The minimum atomic E-state index is -0.377. The van der Waals surface area contributed by atoms with E-state index in [2.05, 4.69) is 46.7 Å². The Hall–Kier alpha value is -2.82. The van der Waals surface area contributed by atoms with Gasteiger partial charge in [-0.3, -0.25) is 4.79 Å². The number of para-hydroxylation sites is 1. The standard InChI is InChI=1S/C21H28N4O/c1-5-25(6-2)19-13-11-18(12-14-19)15-22-24-21(26)17(4)23-20-10-8-7-9-16(20)3/h7-15,17,23H,5-6H2,1-4H3,(H,24,26)/b22-15-/t17-/m1/s1. The van der Waals surface area contributed by atoms with Crippen molar-refractivity contribution in [3.8, 4) is 0 Å². The van der Waals surface area contributed by atoms with Gasteiger partial charge in [-0.1, -0.05) is 30.3 Å². The van der Waals surface area contributed by atoms with Crippen LogP contribution in [0, 0.1) is 6.92 Å². The van der Waals surface area contributed by atoms with Gasteiger partial charge in [0, 0.05) is 24.5 Å². The van der Waals surface area contributed by atoms with Crippen LogP contribution in [0.5, 0.6) is 0 Å². The van der Waals surface area contributed by atoms with E-state index in [1.807, 2.05) is 50.2 Å². The van der Waals surface area contributed by atoms with Gasteiger partial charge in [0.15, 0.2) is 0 Å². The van der Waals surface area contributed by atoms with Gasteiger partial charge in [-0.25, -0.2) is 5.43 Å². The smallest absolute Gasteiger partial charge is 0.262 e. The monoisotopic (exact) mass is 352 g/mol. The largest absolute Gasteiger partial charge is 0.374 e. The van der Waals surface area contributed by atoms with E-state index in [4.69, 9.17) is 0 Å². The third-order valence-electron chi connectivity index (χ3n) is 4.32. The Morgan fingerprint density at radius 2 is 1.77 bits per heavy atom. The van der Waals surface area contributed by atoms with Crippen molar-refractivity contribution >= 4 is 23.5 Å². The second kappa shape index (κ2) is 9.61. The maximum Gasteiger partial charge on any atom is 0.262 e. The molecule has 0 saturated heterocycles. The van der Waals surface area contributed by atoms with Crippen molar-refractivity contribution in [3.63, 3.8) is 0 Å². The number of nitrogens with one attached hydrogen (secondary N) is 2. The first-order chi connectivity index (χ1) is 12.5. The summed E-state index contributed by atoms with van der Waals surface area (Å²) in [6.45, 7) is 10.1. The molecule has 2 aromatic rings. The van der Waals surface area contributed by atoms with Gasteiger partial charge >= 0.3 is 0 Å². The summed E-state index contributed by atoms with van der Waals surface area (Å²) in [6, 6.07) is 15.6. The van der Waals surface area contributed by atoms with Crippen LogP contribution in [0.3, 0.4) is 0 Å². The topological polar surface area (TPSA) is 56.7 Å². The molecule has 0 fully saturated rings. The van der Waals surface area contributed by atoms with Gasteiger partial charge < -0.3 is 10.2 Å². The first-order valence-corrected chi connectivity index (χ1v) is 9.05. The maximum atomic E-state index is 12.2. The molecule has 2 aromatic carbocycles. The number of carbonyl (C=O) groups is 1. The van der Waals surface area contributed by atoms with Crippen LogP contribution in [0.25, 0.3) is 0 Å². The van der Waals surface area contributed by atoms with Crippen LogP contribution < -0.4 is 15.6 Å². The number of hydrogen-bond acceptors (Lipinski definition) is 4. The highest BCUT2D eigenvalue weighted by Crippen LogP contribution is 2.15. The van der Waals surface area contributed by atoms with Crippen LogP contribution in [0.4, 0.5) is 11.4 Å². The molecule has 0 heterocycles. The fourth-order valence-corrected chi connectivity index (χ4v) is 2.66. The molecule has 0 aliphatic heterocycles. The average Bonchev–Trinajstić information content (AvgIpc) is 2.65. The molecule has 0 unspecified atom stereocenters. The number of nitrogens with zero attached hydrogens (tertiary/aromatic N) is 2. The van der Waals surface area contributed by atoms with Crippen LogP contribution in [0.2, 0.25) is 0 Å². The molecule has 138 valence electrons. The molecule has 5 nitrogen and oxygen atoms in total. The summed E-state index contributed by atoms with van der Waals surface area (Å²) in [7, 11) is 0. The van der Waals surface area contributed by atoms with E-state index in [0.717, 1.165) is 29.9 Å². The maximum absolute atomic E-state index is 12.2. The molecule has 5 heteroatoms. The molecule has 0 aliphatic carbocycles. The number of aryl methyl sites for hydroxylation is 1. The summed E-state index contributed by atoms with van der Waals surface area (Å²) in [5, 5.41) is 7.26. The number of amides is 1. The van der Waals surface area contributed by atoms with Crippen molar-refractivity contribution in [3.05, 3.63) is 59.7 Å². The normalized spacial score (nSPS) is 12.0. The van der Waals surface area contributed by atoms with Crippen molar-refractivity contribution in [2.45, 2.75) is 33.7 Å². The van der Waals surface area contributed by atoms with E-state index in [-0.39, 0.29) is 11.9 Å². The molecule has 0 saturated carbocycles. The third kappa shape index (κ3) is 5.34. The Kier molecular flexibility index (Phi) is 7.21. The zero-order valence-corrected chi connectivity index (χ0v) is 16.0. The lowest BCUT2D eigenvalue weighted by molar-refractivity contribution is -0.121.